The molecule has 0 spiro atoms. The van der Waals surface area contributed by atoms with Gasteiger partial charge < -0.3 is 15.3 Å². The van der Waals surface area contributed by atoms with Gasteiger partial charge in [-0.25, -0.2) is 4.79 Å². The van der Waals surface area contributed by atoms with E-state index in [0.29, 0.717) is 17.8 Å². The number of nitro benzene ring substituents is 1. The summed E-state index contributed by atoms with van der Waals surface area (Å²) in [5, 5.41) is 22.1. The summed E-state index contributed by atoms with van der Waals surface area (Å²) in [7, 11) is 0. The lowest BCUT2D eigenvalue weighted by Gasteiger charge is -2.21. The van der Waals surface area contributed by atoms with Gasteiger partial charge in [0.25, 0.3) is 5.69 Å². The van der Waals surface area contributed by atoms with Crippen LogP contribution in [0.15, 0.2) is 18.2 Å². The summed E-state index contributed by atoms with van der Waals surface area (Å²) in [6, 6.07) is 3.91. The molecule has 0 saturated carbocycles. The number of carbonyl (C=O) groups excluding carboxylic acids is 1. The number of carboxylic acid groups (broad SMARTS) is 1. The predicted octanol–water partition coefficient (Wildman–Crippen LogP) is 2.23. The van der Waals surface area contributed by atoms with Crippen molar-refractivity contribution < 1.29 is 19.6 Å². The number of rotatable bonds is 6. The first-order valence-electron chi connectivity index (χ1n) is 6.38. The van der Waals surface area contributed by atoms with Crippen molar-refractivity contribution in [3.8, 4) is 0 Å². The molecule has 8 heteroatoms. The molecule has 1 rings (SSSR count). The van der Waals surface area contributed by atoms with E-state index >= 15 is 0 Å². The van der Waals surface area contributed by atoms with E-state index in [-0.39, 0.29) is 18.7 Å². The molecule has 0 unspecified atom stereocenters. The molecule has 114 valence electrons. The van der Waals surface area contributed by atoms with Crippen LogP contribution in [0.5, 0.6) is 0 Å². The van der Waals surface area contributed by atoms with E-state index in [0.717, 1.165) is 0 Å². The molecule has 8 nitrogen and oxygen atoms in total. The first kappa shape index (κ1) is 16.4. The molecule has 0 atom stereocenters. The molecule has 21 heavy (non-hydrogen) atoms. The maximum atomic E-state index is 12.0. The van der Waals surface area contributed by atoms with E-state index in [1.165, 1.54) is 17.0 Å². The molecule has 0 aliphatic heterocycles. The van der Waals surface area contributed by atoms with Crippen LogP contribution in [0.3, 0.4) is 0 Å². The van der Waals surface area contributed by atoms with Crippen molar-refractivity contribution in [3.63, 3.8) is 0 Å². The summed E-state index contributed by atoms with van der Waals surface area (Å²) in [5.74, 6) is -0.993. The number of carboxylic acids is 1. The van der Waals surface area contributed by atoms with E-state index in [2.05, 4.69) is 5.32 Å². The molecule has 1 aromatic rings. The number of nitrogens with zero attached hydrogens (tertiary/aromatic N) is 2. The SMILES string of the molecule is CCN(CCC(=O)O)C(=O)Nc1cccc([N+](=O)[O-])c1C. The highest BCUT2D eigenvalue weighted by Gasteiger charge is 2.17. The van der Waals surface area contributed by atoms with Gasteiger partial charge in [0, 0.05) is 19.2 Å². The summed E-state index contributed by atoms with van der Waals surface area (Å²) < 4.78 is 0. The zero-order valence-corrected chi connectivity index (χ0v) is 11.8. The third kappa shape index (κ3) is 4.44. The van der Waals surface area contributed by atoms with Crippen LogP contribution in [0.4, 0.5) is 16.2 Å². The van der Waals surface area contributed by atoms with Crippen molar-refractivity contribution in [1.29, 1.82) is 0 Å². The van der Waals surface area contributed by atoms with Gasteiger partial charge >= 0.3 is 12.0 Å². The van der Waals surface area contributed by atoms with Crippen LogP contribution in [0.25, 0.3) is 0 Å². The lowest BCUT2D eigenvalue weighted by atomic mass is 10.1. The Hall–Kier alpha value is -2.64. The van der Waals surface area contributed by atoms with Crippen LogP contribution in [0.2, 0.25) is 0 Å². The van der Waals surface area contributed by atoms with E-state index in [9.17, 15) is 19.7 Å². The van der Waals surface area contributed by atoms with Crippen LogP contribution in [0.1, 0.15) is 18.9 Å². The standard InChI is InChI=1S/C13H17N3O5/c1-3-15(8-7-12(17)18)13(19)14-10-5-4-6-11(9(10)2)16(20)21/h4-6H,3,7-8H2,1-2H3,(H,14,19)(H,17,18). The molecule has 1 aromatic carbocycles. The molecule has 0 aliphatic rings. The fraction of sp³-hybridized carbons (Fsp3) is 0.385. The van der Waals surface area contributed by atoms with Crippen molar-refractivity contribution in [1.82, 2.24) is 4.90 Å². The number of nitro groups is 1. The van der Waals surface area contributed by atoms with Gasteiger partial charge in [-0.05, 0) is 19.9 Å². The number of hydrogen-bond acceptors (Lipinski definition) is 4. The highest BCUT2D eigenvalue weighted by molar-refractivity contribution is 5.91. The molecule has 0 heterocycles. The van der Waals surface area contributed by atoms with Crippen LogP contribution in [-0.4, -0.2) is 40.0 Å². The molecule has 0 aliphatic carbocycles. The number of urea groups is 1. The van der Waals surface area contributed by atoms with Gasteiger partial charge in [0.1, 0.15) is 0 Å². The van der Waals surface area contributed by atoms with Crippen molar-refractivity contribution in [2.45, 2.75) is 20.3 Å². The lowest BCUT2D eigenvalue weighted by molar-refractivity contribution is -0.385. The van der Waals surface area contributed by atoms with Gasteiger partial charge in [0.2, 0.25) is 0 Å². The van der Waals surface area contributed by atoms with Crippen molar-refractivity contribution >= 4 is 23.4 Å². The molecule has 0 radical (unpaired) electrons. The van der Waals surface area contributed by atoms with Gasteiger partial charge in [-0.3, -0.25) is 14.9 Å². The van der Waals surface area contributed by atoms with E-state index in [1.54, 1.807) is 19.9 Å². The highest BCUT2D eigenvalue weighted by atomic mass is 16.6. The Balaban J connectivity index is 2.84. The summed E-state index contributed by atoms with van der Waals surface area (Å²) in [6.45, 7) is 3.68. The van der Waals surface area contributed by atoms with Crippen LogP contribution >= 0.6 is 0 Å². The lowest BCUT2D eigenvalue weighted by Crippen LogP contribution is -2.36. The molecule has 0 saturated heterocycles. The van der Waals surface area contributed by atoms with Gasteiger partial charge in [0.05, 0.1) is 22.6 Å². The molecule has 2 N–H and O–H groups in total. The maximum absolute atomic E-state index is 12.0. The Bertz CT molecular complexity index is 559. The fourth-order valence-electron chi connectivity index (χ4n) is 1.78. The van der Waals surface area contributed by atoms with Gasteiger partial charge in [-0.2, -0.15) is 0 Å². The normalized spacial score (nSPS) is 10.0. The Labute approximate surface area is 121 Å². The monoisotopic (exact) mass is 295 g/mol. The molecular weight excluding hydrogens is 278 g/mol. The number of amides is 2. The fourth-order valence-corrected chi connectivity index (χ4v) is 1.78. The van der Waals surface area contributed by atoms with Crippen molar-refractivity contribution in [2.75, 3.05) is 18.4 Å². The number of nitrogens with one attached hydrogen (secondary N) is 1. The Kier molecular flexibility index (Phi) is 5.65. The number of anilines is 1. The summed E-state index contributed by atoms with van der Waals surface area (Å²) in [4.78, 5) is 34.2. The van der Waals surface area contributed by atoms with Crippen LogP contribution in [0, 0.1) is 17.0 Å². The van der Waals surface area contributed by atoms with E-state index < -0.39 is 16.9 Å². The minimum Gasteiger partial charge on any atom is -0.481 e. The largest absolute Gasteiger partial charge is 0.481 e. The van der Waals surface area contributed by atoms with E-state index in [1.807, 2.05) is 0 Å². The minimum atomic E-state index is -0.993. The average molecular weight is 295 g/mol. The molecular formula is C13H17N3O5. The highest BCUT2D eigenvalue weighted by Crippen LogP contribution is 2.25. The zero-order valence-electron chi connectivity index (χ0n) is 11.8. The van der Waals surface area contributed by atoms with E-state index in [4.69, 9.17) is 5.11 Å². The molecule has 0 fully saturated rings. The maximum Gasteiger partial charge on any atom is 0.321 e. The van der Waals surface area contributed by atoms with Gasteiger partial charge in [-0.1, -0.05) is 6.07 Å². The third-order valence-electron chi connectivity index (χ3n) is 3.01. The van der Waals surface area contributed by atoms with Crippen LogP contribution < -0.4 is 5.32 Å². The predicted molar refractivity (Wildman–Crippen MR) is 76.4 cm³/mol. The molecule has 0 bridgehead atoms. The number of aliphatic carboxylic acids is 1. The Morgan fingerprint density at radius 1 is 1.43 bits per heavy atom. The quantitative estimate of drug-likeness (QED) is 0.617. The second-order valence-electron chi connectivity index (χ2n) is 4.36. The minimum absolute atomic E-state index is 0.0750. The second-order valence-corrected chi connectivity index (χ2v) is 4.36. The Morgan fingerprint density at radius 3 is 2.62 bits per heavy atom. The summed E-state index contributed by atoms with van der Waals surface area (Å²) >= 11 is 0. The molecule has 0 aromatic heterocycles. The third-order valence-corrected chi connectivity index (χ3v) is 3.01. The van der Waals surface area contributed by atoms with Crippen molar-refractivity contribution in [2.24, 2.45) is 0 Å². The smallest absolute Gasteiger partial charge is 0.321 e. The first-order valence-corrected chi connectivity index (χ1v) is 6.38. The van der Waals surface area contributed by atoms with Gasteiger partial charge in [0.15, 0.2) is 0 Å². The zero-order chi connectivity index (χ0) is 16.0. The second kappa shape index (κ2) is 7.22. The number of benzene rings is 1. The summed E-state index contributed by atoms with van der Waals surface area (Å²) in [5.41, 5.74) is 0.606. The Morgan fingerprint density at radius 2 is 2.10 bits per heavy atom. The van der Waals surface area contributed by atoms with Gasteiger partial charge in [-0.15, -0.1) is 0 Å². The first-order chi connectivity index (χ1) is 9.86. The number of hydrogen-bond donors (Lipinski definition) is 2. The summed E-state index contributed by atoms with van der Waals surface area (Å²) in [6.07, 6.45) is -0.158. The average Bonchev–Trinajstić information content (AvgIpc) is 2.41. The van der Waals surface area contributed by atoms with Crippen LogP contribution in [-0.2, 0) is 4.79 Å². The van der Waals surface area contributed by atoms with Crippen molar-refractivity contribution in [3.05, 3.63) is 33.9 Å². The molecule has 2 amide bonds. The topological polar surface area (TPSA) is 113 Å². The number of carbonyl (C=O) groups is 2.